The molecule has 1 fully saturated rings. The number of hydrogen-bond acceptors (Lipinski definition) is 1. The molecule has 1 aromatic rings. The molecule has 0 radical (unpaired) electrons. The lowest BCUT2D eigenvalue weighted by atomic mass is 9.98. The summed E-state index contributed by atoms with van der Waals surface area (Å²) < 4.78 is 1.27. The molecule has 13 heavy (non-hydrogen) atoms. The van der Waals surface area contributed by atoms with Crippen LogP contribution in [0, 0.1) is 6.92 Å². The predicted molar refractivity (Wildman–Crippen MR) is 59.1 cm³/mol. The van der Waals surface area contributed by atoms with Gasteiger partial charge in [0.2, 0.25) is 0 Å². The smallest absolute Gasteiger partial charge is 0.0213 e. The molecule has 2 heteroatoms. The van der Waals surface area contributed by atoms with E-state index in [2.05, 4.69) is 46.4 Å². The van der Waals surface area contributed by atoms with Gasteiger partial charge in [-0.1, -0.05) is 28.1 Å². The normalized spacial score (nSPS) is 22.2. The predicted octanol–water partition coefficient (Wildman–Crippen LogP) is 2.83. The van der Waals surface area contributed by atoms with Crippen LogP contribution >= 0.6 is 15.9 Å². The van der Waals surface area contributed by atoms with Gasteiger partial charge in [0, 0.05) is 11.0 Å². The quantitative estimate of drug-likeness (QED) is 0.795. The Balaban J connectivity index is 2.29. The second-order valence-corrected chi connectivity index (χ2v) is 4.57. The van der Waals surface area contributed by atoms with E-state index in [1.165, 1.54) is 22.0 Å². The first-order valence-electron chi connectivity index (χ1n) is 4.74. The van der Waals surface area contributed by atoms with Crippen LogP contribution in [-0.2, 0) is 0 Å². The van der Waals surface area contributed by atoms with E-state index in [0.29, 0.717) is 5.92 Å². The Morgan fingerprint density at radius 3 is 2.92 bits per heavy atom. The minimum absolute atomic E-state index is 0.704. The van der Waals surface area contributed by atoms with E-state index in [1.54, 1.807) is 0 Å². The third-order valence-corrected chi connectivity index (χ3v) is 3.34. The fourth-order valence-corrected chi connectivity index (χ4v) is 2.70. The summed E-state index contributed by atoms with van der Waals surface area (Å²) in [5.74, 6) is 0.704. The molecule has 0 aliphatic carbocycles. The van der Waals surface area contributed by atoms with Gasteiger partial charge >= 0.3 is 0 Å². The molecule has 1 nitrogen and oxygen atoms in total. The first-order valence-corrected chi connectivity index (χ1v) is 5.53. The Bertz CT molecular complexity index is 303. The molecule has 70 valence electrons. The van der Waals surface area contributed by atoms with Crippen molar-refractivity contribution in [2.45, 2.75) is 19.3 Å². The van der Waals surface area contributed by atoms with Gasteiger partial charge in [0.1, 0.15) is 0 Å². The highest BCUT2D eigenvalue weighted by Crippen LogP contribution is 2.29. The zero-order valence-corrected chi connectivity index (χ0v) is 9.39. The van der Waals surface area contributed by atoms with Crippen LogP contribution in [0.2, 0.25) is 0 Å². The molecule has 0 bridgehead atoms. The van der Waals surface area contributed by atoms with E-state index in [4.69, 9.17) is 0 Å². The van der Waals surface area contributed by atoms with Crippen LogP contribution in [0.15, 0.2) is 22.7 Å². The maximum absolute atomic E-state index is 3.63. The highest BCUT2D eigenvalue weighted by atomic mass is 79.9. The molecule has 0 amide bonds. The molecule has 0 spiro atoms. The van der Waals surface area contributed by atoms with E-state index >= 15 is 0 Å². The Morgan fingerprint density at radius 1 is 1.46 bits per heavy atom. The number of aryl methyl sites for hydroxylation is 1. The molecular formula is C11H14BrN. The second kappa shape index (κ2) is 3.81. The number of hydrogen-bond donors (Lipinski definition) is 1. The van der Waals surface area contributed by atoms with Gasteiger partial charge in [-0.25, -0.2) is 0 Å². The number of benzene rings is 1. The summed E-state index contributed by atoms with van der Waals surface area (Å²) in [6.45, 7) is 4.41. The molecule has 1 N–H and O–H groups in total. The summed E-state index contributed by atoms with van der Waals surface area (Å²) in [5, 5.41) is 3.39. The average Bonchev–Trinajstić information content (AvgIpc) is 2.56. The van der Waals surface area contributed by atoms with Crippen molar-refractivity contribution in [3.63, 3.8) is 0 Å². The minimum Gasteiger partial charge on any atom is -0.316 e. The molecule has 1 aliphatic rings. The molecular weight excluding hydrogens is 226 g/mol. The number of halogens is 1. The van der Waals surface area contributed by atoms with Crippen molar-refractivity contribution in [1.29, 1.82) is 0 Å². The Morgan fingerprint density at radius 2 is 2.31 bits per heavy atom. The van der Waals surface area contributed by atoms with Gasteiger partial charge in [-0.05, 0) is 43.0 Å². The van der Waals surface area contributed by atoms with Gasteiger partial charge in [0.25, 0.3) is 0 Å². The number of rotatable bonds is 1. The molecule has 1 atom stereocenters. The molecule has 1 aliphatic heterocycles. The molecule has 2 rings (SSSR count). The maximum Gasteiger partial charge on any atom is 0.0213 e. The van der Waals surface area contributed by atoms with Crippen molar-refractivity contribution >= 4 is 15.9 Å². The van der Waals surface area contributed by atoms with Crippen molar-refractivity contribution in [1.82, 2.24) is 5.32 Å². The van der Waals surface area contributed by atoms with Gasteiger partial charge in [-0.3, -0.25) is 0 Å². The Kier molecular flexibility index (Phi) is 2.70. The standard InChI is InChI=1S/C11H14BrN/c1-8-2-3-10(11(12)6-8)9-4-5-13-7-9/h2-3,6,9,13H,4-5,7H2,1H3. The largest absolute Gasteiger partial charge is 0.316 e. The fraction of sp³-hybridized carbons (Fsp3) is 0.455. The highest BCUT2D eigenvalue weighted by Gasteiger charge is 2.18. The fourth-order valence-electron chi connectivity index (χ4n) is 1.88. The summed E-state index contributed by atoms with van der Waals surface area (Å²) in [7, 11) is 0. The summed E-state index contributed by atoms with van der Waals surface area (Å²) in [5.41, 5.74) is 2.78. The average molecular weight is 240 g/mol. The molecule has 1 aromatic carbocycles. The van der Waals surface area contributed by atoms with Gasteiger partial charge < -0.3 is 5.32 Å². The van der Waals surface area contributed by atoms with E-state index in [9.17, 15) is 0 Å². The SMILES string of the molecule is Cc1ccc(C2CCNC2)c(Br)c1. The highest BCUT2D eigenvalue weighted by molar-refractivity contribution is 9.10. The summed E-state index contributed by atoms with van der Waals surface area (Å²) >= 11 is 3.63. The van der Waals surface area contributed by atoms with Crippen LogP contribution in [-0.4, -0.2) is 13.1 Å². The lowest BCUT2D eigenvalue weighted by Gasteiger charge is -2.11. The van der Waals surface area contributed by atoms with Crippen molar-refractivity contribution in [3.05, 3.63) is 33.8 Å². The zero-order valence-electron chi connectivity index (χ0n) is 7.81. The Labute approximate surface area is 87.7 Å². The molecule has 1 saturated heterocycles. The first kappa shape index (κ1) is 9.22. The lowest BCUT2D eigenvalue weighted by Crippen LogP contribution is -2.08. The summed E-state index contributed by atoms with van der Waals surface area (Å²) in [4.78, 5) is 0. The molecule has 1 heterocycles. The lowest BCUT2D eigenvalue weighted by molar-refractivity contribution is 0.759. The van der Waals surface area contributed by atoms with Crippen molar-refractivity contribution in [2.75, 3.05) is 13.1 Å². The van der Waals surface area contributed by atoms with E-state index in [0.717, 1.165) is 13.1 Å². The topological polar surface area (TPSA) is 12.0 Å². The molecule has 0 saturated carbocycles. The van der Waals surface area contributed by atoms with Gasteiger partial charge in [-0.2, -0.15) is 0 Å². The summed E-state index contributed by atoms with van der Waals surface area (Å²) in [6, 6.07) is 6.64. The van der Waals surface area contributed by atoms with E-state index < -0.39 is 0 Å². The van der Waals surface area contributed by atoms with Crippen molar-refractivity contribution in [2.24, 2.45) is 0 Å². The first-order chi connectivity index (χ1) is 6.27. The monoisotopic (exact) mass is 239 g/mol. The zero-order chi connectivity index (χ0) is 9.26. The third kappa shape index (κ3) is 1.94. The van der Waals surface area contributed by atoms with Gasteiger partial charge in [-0.15, -0.1) is 0 Å². The van der Waals surface area contributed by atoms with Crippen LogP contribution in [0.1, 0.15) is 23.5 Å². The number of nitrogens with one attached hydrogen (secondary N) is 1. The van der Waals surface area contributed by atoms with E-state index in [1.807, 2.05) is 0 Å². The minimum atomic E-state index is 0.704. The van der Waals surface area contributed by atoms with Gasteiger partial charge in [0.05, 0.1) is 0 Å². The molecule has 0 aromatic heterocycles. The van der Waals surface area contributed by atoms with Crippen LogP contribution in [0.4, 0.5) is 0 Å². The van der Waals surface area contributed by atoms with Gasteiger partial charge in [0.15, 0.2) is 0 Å². The van der Waals surface area contributed by atoms with Crippen LogP contribution in [0.25, 0.3) is 0 Å². The summed E-state index contributed by atoms with van der Waals surface area (Å²) in [6.07, 6.45) is 1.27. The van der Waals surface area contributed by atoms with Crippen LogP contribution in [0.3, 0.4) is 0 Å². The third-order valence-electron chi connectivity index (χ3n) is 2.66. The Hall–Kier alpha value is -0.340. The van der Waals surface area contributed by atoms with Crippen molar-refractivity contribution in [3.8, 4) is 0 Å². The van der Waals surface area contributed by atoms with Crippen molar-refractivity contribution < 1.29 is 0 Å². The second-order valence-electron chi connectivity index (χ2n) is 3.71. The van der Waals surface area contributed by atoms with Crippen LogP contribution < -0.4 is 5.32 Å². The van der Waals surface area contributed by atoms with E-state index in [-0.39, 0.29) is 0 Å². The molecule has 1 unspecified atom stereocenters. The van der Waals surface area contributed by atoms with Crippen LogP contribution in [0.5, 0.6) is 0 Å². The maximum atomic E-state index is 3.63.